The highest BCUT2D eigenvalue weighted by molar-refractivity contribution is 6.01. The Kier molecular flexibility index (Phi) is 7.27. The Bertz CT molecular complexity index is 600. The normalized spacial score (nSPS) is 10.5. The van der Waals surface area contributed by atoms with Crippen molar-refractivity contribution in [3.63, 3.8) is 0 Å². The first-order chi connectivity index (χ1) is 10.7. The van der Waals surface area contributed by atoms with Crippen LogP contribution in [-0.2, 0) is 4.79 Å². The molecule has 0 spiro atoms. The van der Waals surface area contributed by atoms with E-state index in [4.69, 9.17) is 14.7 Å². The Hall–Kier alpha value is -2.74. The van der Waals surface area contributed by atoms with Gasteiger partial charge in [-0.15, -0.1) is 6.58 Å². The first-order valence-corrected chi connectivity index (χ1v) is 6.98. The Labute approximate surface area is 130 Å². The number of nitriles is 1. The highest BCUT2D eigenvalue weighted by atomic mass is 16.5. The Balaban J connectivity index is 3.04. The highest BCUT2D eigenvalue weighted by Gasteiger charge is 2.09. The van der Waals surface area contributed by atoms with E-state index in [1.807, 2.05) is 13.0 Å². The van der Waals surface area contributed by atoms with Crippen LogP contribution < -0.4 is 14.8 Å². The summed E-state index contributed by atoms with van der Waals surface area (Å²) >= 11 is 0. The first-order valence-electron chi connectivity index (χ1n) is 6.98. The van der Waals surface area contributed by atoms with Crippen molar-refractivity contribution in [2.75, 3.05) is 20.3 Å². The minimum Gasteiger partial charge on any atom is -0.493 e. The Morgan fingerprint density at radius 2 is 2.23 bits per heavy atom. The predicted octanol–water partition coefficient (Wildman–Crippen LogP) is 2.69. The molecule has 0 aliphatic rings. The molecule has 1 rings (SSSR count). The van der Waals surface area contributed by atoms with Crippen LogP contribution in [-0.4, -0.2) is 26.2 Å². The van der Waals surface area contributed by atoms with Crippen LogP contribution in [0.3, 0.4) is 0 Å². The van der Waals surface area contributed by atoms with E-state index in [0.29, 0.717) is 30.2 Å². The molecule has 1 amide bonds. The summed E-state index contributed by atoms with van der Waals surface area (Å²) in [6, 6.07) is 7.14. The van der Waals surface area contributed by atoms with Gasteiger partial charge in [0.2, 0.25) is 0 Å². The third-order valence-electron chi connectivity index (χ3n) is 2.73. The molecule has 5 nitrogen and oxygen atoms in total. The SMILES string of the molecule is C=CCNC(=O)/C(C#N)=C/c1ccc(OC)c(OCCC)c1. The molecule has 22 heavy (non-hydrogen) atoms. The second-order valence-corrected chi connectivity index (χ2v) is 4.43. The number of hydrogen-bond donors (Lipinski definition) is 1. The van der Waals surface area contributed by atoms with Crippen molar-refractivity contribution < 1.29 is 14.3 Å². The van der Waals surface area contributed by atoms with E-state index in [2.05, 4.69) is 11.9 Å². The number of rotatable bonds is 8. The molecule has 0 saturated carbocycles. The maximum atomic E-state index is 11.8. The van der Waals surface area contributed by atoms with Gasteiger partial charge in [0.05, 0.1) is 13.7 Å². The molecular formula is C17H20N2O3. The van der Waals surface area contributed by atoms with Crippen LogP contribution in [0.25, 0.3) is 6.08 Å². The largest absolute Gasteiger partial charge is 0.493 e. The molecule has 1 N–H and O–H groups in total. The minimum absolute atomic E-state index is 0.0217. The zero-order chi connectivity index (χ0) is 16.4. The summed E-state index contributed by atoms with van der Waals surface area (Å²) in [6.07, 6.45) is 3.93. The van der Waals surface area contributed by atoms with Crippen molar-refractivity contribution in [1.82, 2.24) is 5.32 Å². The van der Waals surface area contributed by atoms with Crippen LogP contribution in [0.15, 0.2) is 36.4 Å². The smallest absolute Gasteiger partial charge is 0.262 e. The van der Waals surface area contributed by atoms with Crippen molar-refractivity contribution in [2.45, 2.75) is 13.3 Å². The van der Waals surface area contributed by atoms with Crippen molar-refractivity contribution in [3.05, 3.63) is 42.0 Å². The van der Waals surface area contributed by atoms with Gasteiger partial charge in [0.1, 0.15) is 11.6 Å². The molecule has 116 valence electrons. The van der Waals surface area contributed by atoms with Crippen LogP contribution in [0.4, 0.5) is 0 Å². The van der Waals surface area contributed by atoms with Gasteiger partial charge in [-0.2, -0.15) is 5.26 Å². The number of nitrogens with one attached hydrogen (secondary N) is 1. The summed E-state index contributed by atoms with van der Waals surface area (Å²) in [4.78, 5) is 11.8. The highest BCUT2D eigenvalue weighted by Crippen LogP contribution is 2.29. The molecule has 0 unspecified atom stereocenters. The van der Waals surface area contributed by atoms with Crippen molar-refractivity contribution in [2.24, 2.45) is 0 Å². The zero-order valence-electron chi connectivity index (χ0n) is 12.9. The molecule has 1 aromatic carbocycles. The topological polar surface area (TPSA) is 71.4 Å². The molecule has 0 fully saturated rings. The lowest BCUT2D eigenvalue weighted by atomic mass is 10.1. The second-order valence-electron chi connectivity index (χ2n) is 4.43. The zero-order valence-corrected chi connectivity index (χ0v) is 12.9. The fraction of sp³-hybridized carbons (Fsp3) is 0.294. The van der Waals surface area contributed by atoms with Crippen LogP contribution in [0.1, 0.15) is 18.9 Å². The fourth-order valence-corrected chi connectivity index (χ4v) is 1.68. The summed E-state index contributed by atoms with van der Waals surface area (Å²) in [5, 5.41) is 11.7. The van der Waals surface area contributed by atoms with E-state index >= 15 is 0 Å². The number of carbonyl (C=O) groups excluding carboxylic acids is 1. The number of hydrogen-bond acceptors (Lipinski definition) is 4. The summed E-state index contributed by atoms with van der Waals surface area (Å²) in [6.45, 7) is 6.40. The molecule has 0 aliphatic heterocycles. The molecule has 0 aromatic heterocycles. The van der Waals surface area contributed by atoms with Gasteiger partial charge in [0.15, 0.2) is 11.5 Å². The maximum absolute atomic E-state index is 11.8. The van der Waals surface area contributed by atoms with Gasteiger partial charge in [-0.05, 0) is 30.2 Å². The number of nitrogens with zero attached hydrogens (tertiary/aromatic N) is 1. The second kappa shape index (κ2) is 9.24. The van der Waals surface area contributed by atoms with E-state index in [1.54, 1.807) is 31.4 Å². The van der Waals surface area contributed by atoms with Gasteiger partial charge >= 0.3 is 0 Å². The van der Waals surface area contributed by atoms with E-state index in [1.165, 1.54) is 6.08 Å². The number of carbonyl (C=O) groups is 1. The van der Waals surface area contributed by atoms with Crippen molar-refractivity contribution in [3.8, 4) is 17.6 Å². The van der Waals surface area contributed by atoms with E-state index in [-0.39, 0.29) is 5.57 Å². The molecule has 0 bridgehead atoms. The quantitative estimate of drug-likeness (QED) is 0.455. The molecule has 5 heteroatoms. The van der Waals surface area contributed by atoms with Crippen LogP contribution in [0, 0.1) is 11.3 Å². The lowest BCUT2D eigenvalue weighted by Crippen LogP contribution is -2.24. The summed E-state index contributed by atoms with van der Waals surface area (Å²) < 4.78 is 10.8. The Morgan fingerprint density at radius 3 is 2.82 bits per heavy atom. The van der Waals surface area contributed by atoms with Crippen LogP contribution in [0.5, 0.6) is 11.5 Å². The molecular weight excluding hydrogens is 280 g/mol. The van der Waals surface area contributed by atoms with Crippen molar-refractivity contribution in [1.29, 1.82) is 5.26 Å². The Morgan fingerprint density at radius 1 is 1.45 bits per heavy atom. The molecule has 0 aliphatic carbocycles. The average Bonchev–Trinajstić information content (AvgIpc) is 2.55. The minimum atomic E-state index is -0.436. The molecule has 0 saturated heterocycles. The summed E-state index contributed by atoms with van der Waals surface area (Å²) in [7, 11) is 1.56. The van der Waals surface area contributed by atoms with Gasteiger partial charge in [-0.1, -0.05) is 19.1 Å². The molecule has 0 radical (unpaired) electrons. The lowest BCUT2D eigenvalue weighted by molar-refractivity contribution is -0.116. The number of ether oxygens (including phenoxy) is 2. The third-order valence-corrected chi connectivity index (χ3v) is 2.73. The van der Waals surface area contributed by atoms with E-state index in [0.717, 1.165) is 6.42 Å². The van der Waals surface area contributed by atoms with E-state index in [9.17, 15) is 4.79 Å². The molecule has 0 heterocycles. The van der Waals surface area contributed by atoms with Gasteiger partial charge in [-0.25, -0.2) is 0 Å². The van der Waals surface area contributed by atoms with Crippen molar-refractivity contribution >= 4 is 12.0 Å². The van der Waals surface area contributed by atoms with Gasteiger partial charge < -0.3 is 14.8 Å². The average molecular weight is 300 g/mol. The van der Waals surface area contributed by atoms with Crippen LogP contribution in [0.2, 0.25) is 0 Å². The number of benzene rings is 1. The predicted molar refractivity (Wildman–Crippen MR) is 85.6 cm³/mol. The van der Waals surface area contributed by atoms with Gasteiger partial charge in [0, 0.05) is 6.54 Å². The van der Waals surface area contributed by atoms with Crippen LogP contribution >= 0.6 is 0 Å². The summed E-state index contributed by atoms with van der Waals surface area (Å²) in [5.41, 5.74) is 0.714. The monoisotopic (exact) mass is 300 g/mol. The first kappa shape index (κ1) is 17.3. The fourth-order valence-electron chi connectivity index (χ4n) is 1.68. The molecule has 1 aromatic rings. The summed E-state index contributed by atoms with van der Waals surface area (Å²) in [5.74, 6) is 0.761. The number of methoxy groups -OCH3 is 1. The van der Waals surface area contributed by atoms with Gasteiger partial charge in [0.25, 0.3) is 5.91 Å². The van der Waals surface area contributed by atoms with Gasteiger partial charge in [-0.3, -0.25) is 4.79 Å². The maximum Gasteiger partial charge on any atom is 0.262 e. The third kappa shape index (κ3) is 4.98. The number of amides is 1. The standard InChI is InChI=1S/C17H20N2O3/c1-4-8-19-17(20)14(12-18)10-13-6-7-15(21-3)16(11-13)22-9-5-2/h4,6-7,10-11H,1,5,8-9H2,2-3H3,(H,19,20)/b14-10+. The lowest BCUT2D eigenvalue weighted by Gasteiger charge is -2.10. The molecule has 0 atom stereocenters. The van der Waals surface area contributed by atoms with E-state index < -0.39 is 5.91 Å².